The molecule has 0 aliphatic heterocycles. The van der Waals surface area contributed by atoms with Crippen LogP contribution in [0.3, 0.4) is 0 Å². The molecule has 11 heteroatoms. The third kappa shape index (κ3) is 13.2. The first-order valence-corrected chi connectivity index (χ1v) is 16.2. The number of carbonyl (C=O) groups is 1. The Balaban J connectivity index is 1.47. The largest absolute Gasteiger partial charge is 0.404 e. The molecule has 0 saturated heterocycles. The number of hydrogen-bond donors (Lipinski definition) is 2. The van der Waals surface area contributed by atoms with Gasteiger partial charge in [0.2, 0.25) is 0 Å². The molecule has 3 N–H and O–H groups in total. The van der Waals surface area contributed by atoms with Crippen LogP contribution in [0.4, 0.5) is 5.82 Å². The van der Waals surface area contributed by atoms with E-state index < -0.39 is 26.0 Å². The van der Waals surface area contributed by atoms with E-state index in [-0.39, 0.29) is 12.2 Å². The predicted octanol–water partition coefficient (Wildman–Crippen LogP) is 6.76. The zero-order chi connectivity index (χ0) is 27.6. The van der Waals surface area contributed by atoms with Gasteiger partial charge in [-0.15, -0.1) is 0 Å². The molecule has 2 atom stereocenters. The van der Waals surface area contributed by atoms with Gasteiger partial charge < -0.3 is 24.5 Å². The number of fused-ring (bicyclic) bond motifs is 1. The lowest BCUT2D eigenvalue weighted by Crippen LogP contribution is -2.18. The van der Waals surface area contributed by atoms with Crippen LogP contribution in [-0.4, -0.2) is 42.8 Å². The number of anilines is 1. The van der Waals surface area contributed by atoms with Crippen LogP contribution in [0, 0.1) is 0 Å². The summed E-state index contributed by atoms with van der Waals surface area (Å²) in [6.45, 7) is 4.33. The second-order valence-corrected chi connectivity index (χ2v) is 12.0. The molecule has 2 aromatic rings. The molecule has 0 bridgehead atoms. The summed E-state index contributed by atoms with van der Waals surface area (Å²) in [5.74, 6) is -0.377. The number of unbranched alkanes of at least 4 members (excludes halogenated alkanes) is 14. The highest BCUT2D eigenvalue weighted by atomic mass is 31.2. The highest BCUT2D eigenvalue weighted by Crippen LogP contribution is 2.42. The van der Waals surface area contributed by atoms with Gasteiger partial charge in [-0.05, 0) is 13.3 Å². The van der Waals surface area contributed by atoms with Gasteiger partial charge in [-0.1, -0.05) is 96.8 Å². The van der Waals surface area contributed by atoms with E-state index in [2.05, 4.69) is 21.9 Å². The van der Waals surface area contributed by atoms with Crippen molar-refractivity contribution in [2.75, 3.05) is 12.1 Å². The van der Waals surface area contributed by atoms with E-state index >= 15 is 0 Å². The normalized spacial score (nSPS) is 14.0. The van der Waals surface area contributed by atoms with Crippen molar-refractivity contribution in [1.29, 1.82) is 0 Å². The Morgan fingerprint density at radius 3 is 2.08 bits per heavy atom. The maximum absolute atomic E-state index is 12.3. The molecular formula is C27H48N5O5P. The van der Waals surface area contributed by atoms with Gasteiger partial charge in [0.15, 0.2) is 17.8 Å². The minimum absolute atomic E-state index is 0.139. The number of imidazole rings is 1. The van der Waals surface area contributed by atoms with Crippen LogP contribution in [-0.2, 0) is 25.2 Å². The summed E-state index contributed by atoms with van der Waals surface area (Å²) >= 11 is 0. The minimum atomic E-state index is -4.18. The molecule has 0 fully saturated rings. The summed E-state index contributed by atoms with van der Waals surface area (Å²) in [5, 5.41) is 0. The second kappa shape index (κ2) is 18.3. The number of nitrogens with two attached hydrogens (primary N) is 1. The lowest BCUT2D eigenvalue weighted by Gasteiger charge is -2.17. The molecule has 1 unspecified atom stereocenters. The topological polar surface area (TPSA) is 142 Å². The summed E-state index contributed by atoms with van der Waals surface area (Å²) in [6.07, 6.45) is 20.6. The SMILES string of the molecule is CCCCCCCCCCCCCCCCCC(=O)OP(=O)(O)CO[C@H](C)Cn1cnc2c(N)ncnc21. The van der Waals surface area contributed by atoms with E-state index in [9.17, 15) is 14.3 Å². The van der Waals surface area contributed by atoms with Crippen molar-refractivity contribution < 1.29 is 23.5 Å². The number of aromatic nitrogens is 4. The fraction of sp³-hybridized carbons (Fsp3) is 0.778. The van der Waals surface area contributed by atoms with Crippen molar-refractivity contribution in [3.05, 3.63) is 12.7 Å². The quantitative estimate of drug-likeness (QED) is 0.119. The van der Waals surface area contributed by atoms with Crippen molar-refractivity contribution in [2.24, 2.45) is 0 Å². The Morgan fingerprint density at radius 2 is 1.50 bits per heavy atom. The zero-order valence-electron chi connectivity index (χ0n) is 23.4. The molecular weight excluding hydrogens is 505 g/mol. The predicted molar refractivity (Wildman–Crippen MR) is 151 cm³/mol. The Bertz CT molecular complexity index is 986. The number of carbonyl (C=O) groups excluding carboxylic acids is 1. The third-order valence-electron chi connectivity index (χ3n) is 6.63. The number of nitrogens with zero attached hydrogens (tertiary/aromatic N) is 4. The molecule has 2 heterocycles. The molecule has 0 amide bonds. The molecule has 0 aliphatic carbocycles. The van der Waals surface area contributed by atoms with Crippen LogP contribution in [0.25, 0.3) is 11.2 Å². The summed E-state index contributed by atoms with van der Waals surface area (Å²) in [5.41, 5.74) is 6.83. The first-order valence-electron chi connectivity index (χ1n) is 14.4. The van der Waals surface area contributed by atoms with Gasteiger partial charge in [0.25, 0.3) is 0 Å². The Hall–Kier alpha value is -2.03. The van der Waals surface area contributed by atoms with E-state index in [1.165, 1.54) is 83.4 Å². The molecule has 0 spiro atoms. The van der Waals surface area contributed by atoms with E-state index in [1.54, 1.807) is 17.8 Å². The van der Waals surface area contributed by atoms with E-state index in [0.717, 1.165) is 12.8 Å². The van der Waals surface area contributed by atoms with Crippen LogP contribution in [0.2, 0.25) is 0 Å². The molecule has 10 nitrogen and oxygen atoms in total. The zero-order valence-corrected chi connectivity index (χ0v) is 24.2. The maximum atomic E-state index is 12.3. The van der Waals surface area contributed by atoms with E-state index in [0.29, 0.717) is 24.1 Å². The van der Waals surface area contributed by atoms with Crippen molar-refractivity contribution in [3.63, 3.8) is 0 Å². The van der Waals surface area contributed by atoms with E-state index in [1.807, 2.05) is 0 Å². The van der Waals surface area contributed by atoms with Crippen molar-refractivity contribution >= 4 is 30.5 Å². The molecule has 216 valence electrons. The maximum Gasteiger partial charge on any atom is 0.404 e. The number of rotatable bonds is 22. The van der Waals surface area contributed by atoms with Gasteiger partial charge in [-0.3, -0.25) is 4.79 Å². The first-order chi connectivity index (χ1) is 18.3. The smallest absolute Gasteiger partial charge is 0.390 e. The van der Waals surface area contributed by atoms with Crippen molar-refractivity contribution in [1.82, 2.24) is 19.5 Å². The Kier molecular flexibility index (Phi) is 15.5. The number of ether oxygens (including phenoxy) is 1. The van der Waals surface area contributed by atoms with Crippen LogP contribution >= 0.6 is 7.60 Å². The van der Waals surface area contributed by atoms with Crippen LogP contribution in [0.1, 0.15) is 117 Å². The van der Waals surface area contributed by atoms with Gasteiger partial charge in [-0.2, -0.15) is 0 Å². The van der Waals surface area contributed by atoms with Gasteiger partial charge in [-0.25, -0.2) is 19.5 Å². The van der Waals surface area contributed by atoms with Crippen LogP contribution in [0.5, 0.6) is 0 Å². The average Bonchev–Trinajstić information content (AvgIpc) is 3.29. The van der Waals surface area contributed by atoms with E-state index in [4.69, 9.17) is 15.0 Å². The molecule has 0 aromatic carbocycles. The third-order valence-corrected chi connectivity index (χ3v) is 7.60. The summed E-state index contributed by atoms with van der Waals surface area (Å²) < 4.78 is 24.3. The van der Waals surface area contributed by atoms with Crippen molar-refractivity contribution in [2.45, 2.75) is 129 Å². The first kappa shape index (κ1) is 32.2. The van der Waals surface area contributed by atoms with Gasteiger partial charge >= 0.3 is 13.6 Å². The minimum Gasteiger partial charge on any atom is -0.390 e. The van der Waals surface area contributed by atoms with Gasteiger partial charge in [0, 0.05) is 6.42 Å². The summed E-state index contributed by atoms with van der Waals surface area (Å²) in [4.78, 5) is 34.3. The number of hydrogen-bond acceptors (Lipinski definition) is 8. The molecule has 0 saturated carbocycles. The molecule has 2 rings (SSSR count). The second-order valence-electron chi connectivity index (χ2n) is 10.2. The highest BCUT2D eigenvalue weighted by molar-refractivity contribution is 7.53. The average molecular weight is 554 g/mol. The summed E-state index contributed by atoms with van der Waals surface area (Å²) in [7, 11) is -4.18. The Morgan fingerprint density at radius 1 is 0.947 bits per heavy atom. The lowest BCUT2D eigenvalue weighted by molar-refractivity contribution is -0.135. The van der Waals surface area contributed by atoms with Gasteiger partial charge in [0.1, 0.15) is 11.8 Å². The molecule has 0 aliphatic rings. The fourth-order valence-corrected chi connectivity index (χ4v) is 5.36. The molecule has 2 aromatic heterocycles. The summed E-state index contributed by atoms with van der Waals surface area (Å²) in [6, 6.07) is 0. The highest BCUT2D eigenvalue weighted by Gasteiger charge is 2.25. The standard InChI is InChI=1S/C27H48N5O5P/c1-3-4-5-6-7-8-9-10-11-12-13-14-15-16-17-18-24(33)37-38(34,35)22-36-23(2)19-32-21-31-25-26(28)29-20-30-27(25)32/h20-21,23H,3-19,22H2,1-2H3,(H,34,35)(H2,28,29,30)/t23-/m1/s1. The number of nitrogen functional groups attached to an aromatic ring is 1. The lowest BCUT2D eigenvalue weighted by atomic mass is 10.0. The van der Waals surface area contributed by atoms with Gasteiger partial charge in [0.05, 0.1) is 19.0 Å². The monoisotopic (exact) mass is 553 g/mol. The molecule has 38 heavy (non-hydrogen) atoms. The van der Waals surface area contributed by atoms with Crippen molar-refractivity contribution in [3.8, 4) is 0 Å². The van der Waals surface area contributed by atoms with Crippen LogP contribution < -0.4 is 5.73 Å². The fourth-order valence-electron chi connectivity index (χ4n) is 4.46. The van der Waals surface area contributed by atoms with Crippen LogP contribution in [0.15, 0.2) is 12.7 Å². The molecule has 0 radical (unpaired) electrons. The Labute approximate surface area is 227 Å².